The van der Waals surface area contributed by atoms with E-state index in [9.17, 15) is 13.2 Å². The van der Waals surface area contributed by atoms with Crippen molar-refractivity contribution in [3.63, 3.8) is 0 Å². The van der Waals surface area contributed by atoms with Gasteiger partial charge in [0.05, 0.1) is 0 Å². The van der Waals surface area contributed by atoms with Gasteiger partial charge in [0.25, 0.3) is 0 Å². The Morgan fingerprint density at radius 1 is 1.08 bits per heavy atom. The predicted octanol–water partition coefficient (Wildman–Crippen LogP) is 2.92. The van der Waals surface area contributed by atoms with Crippen molar-refractivity contribution in [1.29, 1.82) is 0 Å². The molecule has 0 spiro atoms. The molecular formula is C9H10F3N. The van der Waals surface area contributed by atoms with E-state index in [2.05, 4.69) is 5.32 Å². The summed E-state index contributed by atoms with van der Waals surface area (Å²) >= 11 is 0. The summed E-state index contributed by atoms with van der Waals surface area (Å²) in [7, 11) is 0. The van der Waals surface area contributed by atoms with Crippen molar-refractivity contribution in [1.82, 2.24) is 0 Å². The SMILES string of the molecule is CC(C)Nc1c(F)cc(F)cc1F. The van der Waals surface area contributed by atoms with Gasteiger partial charge >= 0.3 is 0 Å². The zero-order chi connectivity index (χ0) is 10.0. The third-order valence-electron chi connectivity index (χ3n) is 1.44. The Morgan fingerprint density at radius 3 is 1.92 bits per heavy atom. The van der Waals surface area contributed by atoms with Crippen LogP contribution in [0.5, 0.6) is 0 Å². The molecule has 1 aromatic carbocycles. The lowest BCUT2D eigenvalue weighted by molar-refractivity contribution is 0.545. The maximum absolute atomic E-state index is 12.9. The molecule has 0 heterocycles. The number of hydrogen-bond acceptors (Lipinski definition) is 1. The summed E-state index contributed by atoms with van der Waals surface area (Å²) in [5.74, 6) is -2.73. The van der Waals surface area contributed by atoms with E-state index in [4.69, 9.17) is 0 Å². The Kier molecular flexibility index (Phi) is 2.80. The molecule has 0 aliphatic heterocycles. The molecule has 4 heteroatoms. The molecule has 72 valence electrons. The van der Waals surface area contributed by atoms with Gasteiger partial charge in [-0.05, 0) is 13.8 Å². The first kappa shape index (κ1) is 9.89. The zero-order valence-electron chi connectivity index (χ0n) is 7.37. The fourth-order valence-electron chi connectivity index (χ4n) is 0.969. The summed E-state index contributed by atoms with van der Waals surface area (Å²) in [6.07, 6.45) is 0. The average Bonchev–Trinajstić information content (AvgIpc) is 1.96. The van der Waals surface area contributed by atoms with Gasteiger partial charge in [0.2, 0.25) is 0 Å². The molecule has 1 N–H and O–H groups in total. The molecule has 1 aromatic rings. The molecule has 0 radical (unpaired) electrons. The van der Waals surface area contributed by atoms with Gasteiger partial charge in [-0.2, -0.15) is 0 Å². The molecule has 0 aliphatic carbocycles. The maximum atomic E-state index is 12.9. The number of rotatable bonds is 2. The van der Waals surface area contributed by atoms with Gasteiger partial charge in [0, 0.05) is 18.2 Å². The molecule has 0 fully saturated rings. The third kappa shape index (κ3) is 2.37. The Morgan fingerprint density at radius 2 is 1.54 bits per heavy atom. The lowest BCUT2D eigenvalue weighted by atomic mass is 10.2. The van der Waals surface area contributed by atoms with E-state index in [1.807, 2.05) is 0 Å². The monoisotopic (exact) mass is 189 g/mol. The molecule has 0 atom stereocenters. The lowest BCUT2D eigenvalue weighted by Gasteiger charge is -2.11. The fraction of sp³-hybridized carbons (Fsp3) is 0.333. The molecule has 0 saturated carbocycles. The Bertz CT molecular complexity index is 287. The molecule has 0 unspecified atom stereocenters. The van der Waals surface area contributed by atoms with Crippen LogP contribution in [0.3, 0.4) is 0 Å². The second-order valence-electron chi connectivity index (χ2n) is 3.04. The summed E-state index contributed by atoms with van der Waals surface area (Å²) < 4.78 is 38.3. The standard InChI is InChI=1S/C9H10F3N/c1-5(2)13-9-7(11)3-6(10)4-8(9)12/h3-5,13H,1-2H3. The Hall–Kier alpha value is -1.19. The normalized spacial score (nSPS) is 10.6. The van der Waals surface area contributed by atoms with E-state index in [0.717, 1.165) is 0 Å². The molecule has 0 bridgehead atoms. The average molecular weight is 189 g/mol. The van der Waals surface area contributed by atoms with Crippen molar-refractivity contribution in [3.8, 4) is 0 Å². The highest BCUT2D eigenvalue weighted by Crippen LogP contribution is 2.20. The minimum absolute atomic E-state index is 0.102. The number of benzene rings is 1. The number of hydrogen-bond donors (Lipinski definition) is 1. The van der Waals surface area contributed by atoms with Gasteiger partial charge in [-0.3, -0.25) is 0 Å². The Balaban J connectivity index is 3.06. The summed E-state index contributed by atoms with van der Waals surface area (Å²) in [5, 5.41) is 2.55. The number of anilines is 1. The van der Waals surface area contributed by atoms with Crippen LogP contribution in [-0.2, 0) is 0 Å². The number of nitrogens with one attached hydrogen (secondary N) is 1. The summed E-state index contributed by atoms with van der Waals surface area (Å²) in [5.41, 5.74) is -0.281. The van der Waals surface area contributed by atoms with Crippen LogP contribution in [0.4, 0.5) is 18.9 Å². The van der Waals surface area contributed by atoms with Crippen LogP contribution >= 0.6 is 0 Å². The van der Waals surface area contributed by atoms with Crippen LogP contribution in [0.2, 0.25) is 0 Å². The van der Waals surface area contributed by atoms with E-state index in [1.54, 1.807) is 13.8 Å². The van der Waals surface area contributed by atoms with E-state index < -0.39 is 17.5 Å². The molecular weight excluding hydrogens is 179 g/mol. The fourth-order valence-corrected chi connectivity index (χ4v) is 0.969. The van der Waals surface area contributed by atoms with E-state index >= 15 is 0 Å². The van der Waals surface area contributed by atoms with Crippen molar-refractivity contribution < 1.29 is 13.2 Å². The van der Waals surface area contributed by atoms with E-state index in [0.29, 0.717) is 12.1 Å². The van der Waals surface area contributed by atoms with Crippen LogP contribution in [0.1, 0.15) is 13.8 Å². The van der Waals surface area contributed by atoms with Gasteiger partial charge in [0.15, 0.2) is 11.6 Å². The van der Waals surface area contributed by atoms with Crippen molar-refractivity contribution >= 4 is 5.69 Å². The first-order valence-corrected chi connectivity index (χ1v) is 3.92. The van der Waals surface area contributed by atoms with Crippen LogP contribution in [0, 0.1) is 17.5 Å². The second kappa shape index (κ2) is 3.68. The predicted molar refractivity (Wildman–Crippen MR) is 45.1 cm³/mol. The zero-order valence-corrected chi connectivity index (χ0v) is 7.37. The molecule has 0 amide bonds. The topological polar surface area (TPSA) is 12.0 Å². The largest absolute Gasteiger partial charge is 0.378 e. The highest BCUT2D eigenvalue weighted by Gasteiger charge is 2.11. The summed E-state index contributed by atoms with van der Waals surface area (Å²) in [6, 6.07) is 1.19. The third-order valence-corrected chi connectivity index (χ3v) is 1.44. The van der Waals surface area contributed by atoms with Gasteiger partial charge in [-0.15, -0.1) is 0 Å². The van der Waals surface area contributed by atoms with Gasteiger partial charge < -0.3 is 5.32 Å². The number of halogens is 3. The summed E-state index contributed by atoms with van der Waals surface area (Å²) in [6.45, 7) is 3.48. The van der Waals surface area contributed by atoms with Crippen LogP contribution < -0.4 is 5.32 Å². The van der Waals surface area contributed by atoms with E-state index in [1.165, 1.54) is 0 Å². The van der Waals surface area contributed by atoms with Crippen LogP contribution in [0.15, 0.2) is 12.1 Å². The van der Waals surface area contributed by atoms with Crippen LogP contribution in [-0.4, -0.2) is 6.04 Å². The molecule has 0 saturated heterocycles. The van der Waals surface area contributed by atoms with Crippen molar-refractivity contribution in [2.75, 3.05) is 5.32 Å². The minimum atomic E-state index is -0.913. The second-order valence-corrected chi connectivity index (χ2v) is 3.04. The van der Waals surface area contributed by atoms with E-state index in [-0.39, 0.29) is 11.7 Å². The molecule has 1 nitrogen and oxygen atoms in total. The van der Waals surface area contributed by atoms with Crippen LogP contribution in [0.25, 0.3) is 0 Å². The minimum Gasteiger partial charge on any atom is -0.378 e. The first-order valence-electron chi connectivity index (χ1n) is 3.92. The van der Waals surface area contributed by atoms with Gasteiger partial charge in [-0.25, -0.2) is 13.2 Å². The smallest absolute Gasteiger partial charge is 0.152 e. The van der Waals surface area contributed by atoms with Crippen molar-refractivity contribution in [2.24, 2.45) is 0 Å². The maximum Gasteiger partial charge on any atom is 0.152 e. The molecule has 0 aliphatic rings. The molecule has 1 rings (SSSR count). The Labute approximate surface area is 74.6 Å². The molecule has 0 aromatic heterocycles. The quantitative estimate of drug-likeness (QED) is 0.754. The highest BCUT2D eigenvalue weighted by molar-refractivity contribution is 5.46. The van der Waals surface area contributed by atoms with Crippen molar-refractivity contribution in [3.05, 3.63) is 29.6 Å². The highest BCUT2D eigenvalue weighted by atomic mass is 19.1. The first-order chi connectivity index (χ1) is 6.00. The summed E-state index contributed by atoms with van der Waals surface area (Å²) in [4.78, 5) is 0. The lowest BCUT2D eigenvalue weighted by Crippen LogP contribution is -2.12. The van der Waals surface area contributed by atoms with Gasteiger partial charge in [0.1, 0.15) is 11.5 Å². The molecule has 13 heavy (non-hydrogen) atoms. The van der Waals surface area contributed by atoms with Crippen molar-refractivity contribution in [2.45, 2.75) is 19.9 Å². The van der Waals surface area contributed by atoms with Gasteiger partial charge in [-0.1, -0.05) is 0 Å².